The van der Waals surface area contributed by atoms with Crippen LogP contribution in [0.3, 0.4) is 0 Å². The van der Waals surface area contributed by atoms with Gasteiger partial charge >= 0.3 is 0 Å². The van der Waals surface area contributed by atoms with E-state index in [0.29, 0.717) is 6.54 Å². The number of hydrogen-bond acceptors (Lipinski definition) is 4. The first kappa shape index (κ1) is 12.8. The number of rotatable bonds is 3. The predicted molar refractivity (Wildman–Crippen MR) is 60.6 cm³/mol. The second-order valence-corrected chi connectivity index (χ2v) is 5.65. The Balaban J connectivity index is 2.83. The molecule has 1 saturated carbocycles. The minimum absolute atomic E-state index is 0.0226. The summed E-state index contributed by atoms with van der Waals surface area (Å²) in [7, 11) is 0. The van der Waals surface area contributed by atoms with Gasteiger partial charge in [0.25, 0.3) is 0 Å². The lowest BCUT2D eigenvalue weighted by Gasteiger charge is -2.44. The zero-order chi connectivity index (χ0) is 12.2. The number of hydrogen-bond donors (Lipinski definition) is 0. The molecule has 0 radical (unpaired) electrons. The van der Waals surface area contributed by atoms with Crippen LogP contribution in [0, 0.1) is 10.8 Å². The smallest absolute Gasteiger partial charge is 0.211 e. The largest absolute Gasteiger partial charge is 0.235 e. The van der Waals surface area contributed by atoms with Gasteiger partial charge < -0.3 is 0 Å². The standard InChI is InChI=1S/C12H18N2O2/c1-11(2)4-5-12(3,7-13-8-15)6-10(11)14-9-16/h10H,4-7H2,1-3H3. The Bertz CT molecular complexity index is 352. The maximum Gasteiger partial charge on any atom is 0.235 e. The van der Waals surface area contributed by atoms with Crippen LogP contribution in [0.5, 0.6) is 0 Å². The average molecular weight is 222 g/mol. The predicted octanol–water partition coefficient (Wildman–Crippen LogP) is 2.24. The highest BCUT2D eigenvalue weighted by Gasteiger charge is 2.42. The van der Waals surface area contributed by atoms with Gasteiger partial charge in [-0.3, -0.25) is 0 Å². The molecule has 16 heavy (non-hydrogen) atoms. The van der Waals surface area contributed by atoms with Gasteiger partial charge in [-0.15, -0.1) is 0 Å². The zero-order valence-corrected chi connectivity index (χ0v) is 10.1. The van der Waals surface area contributed by atoms with Gasteiger partial charge in [0.15, 0.2) is 0 Å². The molecule has 1 fully saturated rings. The lowest BCUT2D eigenvalue weighted by atomic mass is 9.63. The van der Waals surface area contributed by atoms with Gasteiger partial charge in [-0.05, 0) is 30.1 Å². The van der Waals surface area contributed by atoms with E-state index in [1.807, 2.05) is 0 Å². The van der Waals surface area contributed by atoms with E-state index in [-0.39, 0.29) is 16.9 Å². The maximum absolute atomic E-state index is 10.4. The summed E-state index contributed by atoms with van der Waals surface area (Å²) < 4.78 is 0. The molecule has 4 nitrogen and oxygen atoms in total. The summed E-state index contributed by atoms with van der Waals surface area (Å²) in [5.74, 6) is 0. The SMILES string of the molecule is CC1(CN=C=O)CCC(C)(C)C(N=C=O)C1. The van der Waals surface area contributed by atoms with Crippen molar-refractivity contribution in [2.24, 2.45) is 20.8 Å². The van der Waals surface area contributed by atoms with Gasteiger partial charge in [0, 0.05) is 0 Å². The van der Waals surface area contributed by atoms with E-state index in [4.69, 9.17) is 0 Å². The van der Waals surface area contributed by atoms with E-state index in [1.165, 1.54) is 0 Å². The van der Waals surface area contributed by atoms with E-state index in [9.17, 15) is 9.59 Å². The second-order valence-electron chi connectivity index (χ2n) is 5.65. The first-order valence-corrected chi connectivity index (χ1v) is 5.54. The molecule has 0 amide bonds. The lowest BCUT2D eigenvalue weighted by molar-refractivity contribution is 0.0980. The van der Waals surface area contributed by atoms with Gasteiger partial charge in [-0.1, -0.05) is 20.8 Å². The van der Waals surface area contributed by atoms with Gasteiger partial charge in [0.1, 0.15) is 0 Å². The van der Waals surface area contributed by atoms with Gasteiger partial charge in [-0.2, -0.15) is 0 Å². The molecule has 0 spiro atoms. The van der Waals surface area contributed by atoms with Crippen molar-refractivity contribution < 1.29 is 9.59 Å². The summed E-state index contributed by atoms with van der Waals surface area (Å²) >= 11 is 0. The average Bonchev–Trinajstić information content (AvgIpc) is 2.22. The summed E-state index contributed by atoms with van der Waals surface area (Å²) in [5.41, 5.74) is -0.0141. The van der Waals surface area contributed by atoms with Crippen molar-refractivity contribution in [1.82, 2.24) is 0 Å². The summed E-state index contributed by atoms with van der Waals surface area (Å²) in [6.07, 6.45) is 5.98. The maximum atomic E-state index is 10.4. The molecule has 0 heterocycles. The number of carbonyl (C=O) groups excluding carboxylic acids is 2. The molecule has 88 valence electrons. The van der Waals surface area contributed by atoms with E-state index in [2.05, 4.69) is 30.8 Å². The van der Waals surface area contributed by atoms with E-state index in [1.54, 1.807) is 12.2 Å². The molecule has 0 N–H and O–H groups in total. The van der Waals surface area contributed by atoms with Crippen molar-refractivity contribution in [2.75, 3.05) is 6.54 Å². The Morgan fingerprint density at radius 3 is 2.44 bits per heavy atom. The van der Waals surface area contributed by atoms with Gasteiger partial charge in [-0.25, -0.2) is 19.6 Å². The highest BCUT2D eigenvalue weighted by molar-refractivity contribution is 5.34. The first-order valence-electron chi connectivity index (χ1n) is 5.54. The second kappa shape index (κ2) is 4.73. The highest BCUT2D eigenvalue weighted by Crippen LogP contribution is 2.46. The number of nitrogens with zero attached hydrogens (tertiary/aromatic N) is 2. The molecule has 2 atom stereocenters. The topological polar surface area (TPSA) is 58.9 Å². The first-order chi connectivity index (χ1) is 7.43. The molecule has 0 aromatic carbocycles. The van der Waals surface area contributed by atoms with E-state index < -0.39 is 0 Å². The summed E-state index contributed by atoms with van der Waals surface area (Å²) in [6.45, 7) is 6.77. The molecule has 2 unspecified atom stereocenters. The summed E-state index contributed by atoms with van der Waals surface area (Å²) in [5, 5.41) is 0. The molecular weight excluding hydrogens is 204 g/mol. The van der Waals surface area contributed by atoms with Crippen molar-refractivity contribution in [3.63, 3.8) is 0 Å². The normalized spacial score (nSPS) is 32.3. The molecule has 4 heteroatoms. The fraction of sp³-hybridized carbons (Fsp3) is 0.833. The molecular formula is C12H18N2O2. The van der Waals surface area contributed by atoms with Crippen LogP contribution in [0.15, 0.2) is 9.98 Å². The highest BCUT2D eigenvalue weighted by atomic mass is 16.1. The van der Waals surface area contributed by atoms with E-state index >= 15 is 0 Å². The van der Waals surface area contributed by atoms with Crippen LogP contribution in [-0.2, 0) is 9.59 Å². The van der Waals surface area contributed by atoms with Crippen molar-refractivity contribution >= 4 is 12.2 Å². The quantitative estimate of drug-likeness (QED) is 0.543. The fourth-order valence-corrected chi connectivity index (χ4v) is 2.29. The summed E-state index contributed by atoms with van der Waals surface area (Å²) in [6, 6.07) is -0.0226. The van der Waals surface area contributed by atoms with Crippen LogP contribution in [0.25, 0.3) is 0 Å². The third-order valence-corrected chi connectivity index (χ3v) is 3.69. The van der Waals surface area contributed by atoms with Crippen molar-refractivity contribution in [1.29, 1.82) is 0 Å². The van der Waals surface area contributed by atoms with Crippen molar-refractivity contribution in [3.05, 3.63) is 0 Å². The van der Waals surface area contributed by atoms with Gasteiger partial charge in [0.2, 0.25) is 12.2 Å². The van der Waals surface area contributed by atoms with Crippen LogP contribution in [0.2, 0.25) is 0 Å². The molecule has 0 aromatic heterocycles. The molecule has 1 rings (SSSR count). The van der Waals surface area contributed by atoms with Crippen LogP contribution in [0.4, 0.5) is 0 Å². The third kappa shape index (κ3) is 2.88. The fourth-order valence-electron chi connectivity index (χ4n) is 2.29. The van der Waals surface area contributed by atoms with Crippen molar-refractivity contribution in [2.45, 2.75) is 46.1 Å². The number of isocyanates is 2. The zero-order valence-electron chi connectivity index (χ0n) is 10.1. The molecule has 0 aliphatic heterocycles. The molecule has 0 bridgehead atoms. The van der Waals surface area contributed by atoms with E-state index in [0.717, 1.165) is 19.3 Å². The Hall–Kier alpha value is -1.24. The van der Waals surface area contributed by atoms with Crippen LogP contribution < -0.4 is 0 Å². The van der Waals surface area contributed by atoms with Gasteiger partial charge in [0.05, 0.1) is 12.6 Å². The number of aliphatic imine (C=N–C) groups is 2. The molecule has 1 aliphatic rings. The Labute approximate surface area is 95.9 Å². The van der Waals surface area contributed by atoms with Crippen LogP contribution >= 0.6 is 0 Å². The Morgan fingerprint density at radius 1 is 1.19 bits per heavy atom. The Morgan fingerprint density at radius 2 is 1.88 bits per heavy atom. The Kier molecular flexibility index (Phi) is 3.79. The molecule has 0 aromatic rings. The molecule has 1 aliphatic carbocycles. The summed E-state index contributed by atoms with van der Waals surface area (Å²) in [4.78, 5) is 28.1. The minimum atomic E-state index is -0.0437. The third-order valence-electron chi connectivity index (χ3n) is 3.69. The van der Waals surface area contributed by atoms with Crippen LogP contribution in [0.1, 0.15) is 40.0 Å². The minimum Gasteiger partial charge on any atom is -0.211 e. The van der Waals surface area contributed by atoms with Crippen molar-refractivity contribution in [3.8, 4) is 0 Å². The lowest BCUT2D eigenvalue weighted by Crippen LogP contribution is -2.41. The molecule has 0 saturated heterocycles. The van der Waals surface area contributed by atoms with Crippen LogP contribution in [-0.4, -0.2) is 24.7 Å². The monoisotopic (exact) mass is 222 g/mol.